The molecule has 7 nitrogen and oxygen atoms in total. The highest BCUT2D eigenvalue weighted by Gasteiger charge is 2.32. The molecule has 0 aliphatic rings. The van der Waals surface area contributed by atoms with E-state index in [4.69, 9.17) is 9.72 Å². The van der Waals surface area contributed by atoms with Gasteiger partial charge >= 0.3 is 0 Å². The third kappa shape index (κ3) is 5.63. The van der Waals surface area contributed by atoms with Crippen LogP contribution in [-0.4, -0.2) is 35.4 Å². The number of hydrogen-bond acceptors (Lipinski definition) is 5. The van der Waals surface area contributed by atoms with Crippen LogP contribution < -0.4 is 10.3 Å². The van der Waals surface area contributed by atoms with Crippen molar-refractivity contribution < 1.29 is 13.2 Å². The molecule has 0 radical (unpaired) electrons. The summed E-state index contributed by atoms with van der Waals surface area (Å²) in [5.74, 6) is 1.04. The highest BCUT2D eigenvalue weighted by molar-refractivity contribution is 9.10. The number of ether oxygens (including phenoxy) is 1. The Hall–Kier alpha value is -3.01. The van der Waals surface area contributed by atoms with E-state index in [9.17, 15) is 13.2 Å². The second-order valence-electron chi connectivity index (χ2n) is 8.65. The van der Waals surface area contributed by atoms with Crippen molar-refractivity contribution in [3.8, 4) is 11.4 Å². The van der Waals surface area contributed by atoms with E-state index in [1.165, 1.54) is 8.87 Å². The maximum Gasteiger partial charge on any atom is 0.266 e. The number of benzene rings is 3. The van der Waals surface area contributed by atoms with E-state index >= 15 is 0 Å². The normalized spacial score (nSPS) is 12.7. The first-order valence-electron chi connectivity index (χ1n) is 12.3. The molecule has 194 valence electrons. The van der Waals surface area contributed by atoms with Crippen LogP contribution in [0.25, 0.3) is 16.6 Å². The molecule has 1 atom stereocenters. The molecule has 4 rings (SSSR count). The van der Waals surface area contributed by atoms with Crippen molar-refractivity contribution in [1.82, 2.24) is 13.9 Å². The molecule has 0 saturated heterocycles. The van der Waals surface area contributed by atoms with Gasteiger partial charge in [0.2, 0.25) is 10.0 Å². The average Bonchev–Trinajstić information content (AvgIpc) is 2.90. The van der Waals surface area contributed by atoms with Crippen LogP contribution in [0.1, 0.15) is 45.5 Å². The lowest BCUT2D eigenvalue weighted by Gasteiger charge is -2.29. The lowest BCUT2D eigenvalue weighted by Crippen LogP contribution is -2.38. The van der Waals surface area contributed by atoms with Gasteiger partial charge in [-0.05, 0) is 80.9 Å². The number of rotatable bonds is 10. The van der Waals surface area contributed by atoms with Gasteiger partial charge < -0.3 is 4.74 Å². The molecule has 4 aromatic rings. The van der Waals surface area contributed by atoms with Crippen molar-refractivity contribution in [2.45, 2.75) is 44.6 Å². The van der Waals surface area contributed by atoms with Gasteiger partial charge in [0.05, 0.1) is 34.1 Å². The number of fused-ring (bicyclic) bond motifs is 1. The maximum absolute atomic E-state index is 13.9. The molecular weight excluding hydrogens is 554 g/mol. The molecule has 1 heterocycles. The summed E-state index contributed by atoms with van der Waals surface area (Å²) in [6.07, 6.45) is 1.48. The Morgan fingerprint density at radius 2 is 1.68 bits per heavy atom. The van der Waals surface area contributed by atoms with Gasteiger partial charge in [-0.25, -0.2) is 13.4 Å². The Kier molecular flexibility index (Phi) is 8.46. The van der Waals surface area contributed by atoms with E-state index in [0.29, 0.717) is 47.7 Å². The van der Waals surface area contributed by atoms with Gasteiger partial charge in [0.1, 0.15) is 11.6 Å². The molecule has 0 amide bonds. The third-order valence-electron chi connectivity index (χ3n) is 6.17. The van der Waals surface area contributed by atoms with Crippen LogP contribution >= 0.6 is 15.9 Å². The molecule has 0 aliphatic heterocycles. The topological polar surface area (TPSA) is 81.5 Å². The number of nitrogens with zero attached hydrogens (tertiary/aromatic N) is 3. The van der Waals surface area contributed by atoms with Gasteiger partial charge in [-0.15, -0.1) is 0 Å². The fraction of sp³-hybridized carbons (Fsp3) is 0.286. The van der Waals surface area contributed by atoms with Crippen LogP contribution in [0.3, 0.4) is 0 Å². The van der Waals surface area contributed by atoms with E-state index in [1.54, 1.807) is 73.7 Å². The molecule has 1 aromatic heterocycles. The minimum Gasteiger partial charge on any atom is -0.494 e. The van der Waals surface area contributed by atoms with Crippen molar-refractivity contribution in [3.05, 3.63) is 93.4 Å². The van der Waals surface area contributed by atoms with Gasteiger partial charge in [0.15, 0.2) is 0 Å². The van der Waals surface area contributed by atoms with Gasteiger partial charge in [0, 0.05) is 11.0 Å². The number of para-hydroxylation sites is 1. The highest BCUT2D eigenvalue weighted by Crippen LogP contribution is 2.30. The van der Waals surface area contributed by atoms with Gasteiger partial charge in [-0.3, -0.25) is 9.36 Å². The van der Waals surface area contributed by atoms with Crippen molar-refractivity contribution >= 4 is 36.9 Å². The quantitative estimate of drug-likeness (QED) is 0.225. The Labute approximate surface area is 225 Å². The Balaban J connectivity index is 1.91. The van der Waals surface area contributed by atoms with Crippen LogP contribution in [-0.2, 0) is 10.0 Å². The first-order chi connectivity index (χ1) is 17.8. The fourth-order valence-corrected chi connectivity index (χ4v) is 6.14. The maximum atomic E-state index is 13.9. The molecule has 3 aromatic carbocycles. The zero-order valence-electron chi connectivity index (χ0n) is 21.1. The monoisotopic (exact) mass is 583 g/mol. The summed E-state index contributed by atoms with van der Waals surface area (Å²) in [5.41, 5.74) is 0.853. The van der Waals surface area contributed by atoms with Crippen molar-refractivity contribution in [1.29, 1.82) is 0 Å². The summed E-state index contributed by atoms with van der Waals surface area (Å²) in [7, 11) is -3.88. The Bertz CT molecular complexity index is 1530. The minimum absolute atomic E-state index is 0.189. The molecule has 0 aliphatic carbocycles. The Morgan fingerprint density at radius 3 is 2.32 bits per heavy atom. The molecule has 0 saturated carbocycles. The summed E-state index contributed by atoms with van der Waals surface area (Å²) in [4.78, 5) is 18.8. The Morgan fingerprint density at radius 1 is 1.00 bits per heavy atom. The zero-order valence-corrected chi connectivity index (χ0v) is 23.5. The van der Waals surface area contributed by atoms with E-state index in [-0.39, 0.29) is 10.5 Å². The fourth-order valence-electron chi connectivity index (χ4n) is 4.24. The van der Waals surface area contributed by atoms with Crippen LogP contribution in [0.4, 0.5) is 0 Å². The molecule has 1 unspecified atom stereocenters. The van der Waals surface area contributed by atoms with Crippen LogP contribution in [0.5, 0.6) is 5.75 Å². The lowest BCUT2D eigenvalue weighted by molar-refractivity contribution is 0.322. The van der Waals surface area contributed by atoms with Gasteiger partial charge in [0.25, 0.3) is 5.56 Å². The number of halogens is 1. The number of hydrogen-bond donors (Lipinski definition) is 0. The van der Waals surface area contributed by atoms with Crippen LogP contribution in [0.15, 0.2) is 87.0 Å². The number of unbranched alkanes of at least 4 members (excludes halogenated alkanes) is 1. The predicted octanol–water partition coefficient (Wildman–Crippen LogP) is 6.10. The molecule has 9 heteroatoms. The SMILES string of the molecule is CCCCN(C(C)c1nc2ccccc2c(=O)n1-c1ccc(OCC)cc1)S(=O)(=O)c1ccc(Br)cc1. The first kappa shape index (κ1) is 27.0. The van der Waals surface area contributed by atoms with Gasteiger partial charge in [-0.2, -0.15) is 4.31 Å². The van der Waals surface area contributed by atoms with E-state index < -0.39 is 16.1 Å². The molecular formula is C28H30BrN3O4S. The van der Waals surface area contributed by atoms with E-state index in [2.05, 4.69) is 15.9 Å². The average molecular weight is 585 g/mol. The third-order valence-corrected chi connectivity index (χ3v) is 8.68. The second-order valence-corrected chi connectivity index (χ2v) is 11.5. The summed E-state index contributed by atoms with van der Waals surface area (Å²) in [5, 5.41) is 0.461. The zero-order chi connectivity index (χ0) is 26.6. The molecule has 0 fully saturated rings. The van der Waals surface area contributed by atoms with Gasteiger partial charge in [-0.1, -0.05) is 41.4 Å². The summed E-state index contributed by atoms with van der Waals surface area (Å²) < 4.78 is 37.0. The lowest BCUT2D eigenvalue weighted by atomic mass is 10.2. The largest absolute Gasteiger partial charge is 0.494 e. The molecule has 0 spiro atoms. The first-order valence-corrected chi connectivity index (χ1v) is 14.5. The predicted molar refractivity (Wildman–Crippen MR) is 150 cm³/mol. The molecule has 37 heavy (non-hydrogen) atoms. The smallest absolute Gasteiger partial charge is 0.266 e. The minimum atomic E-state index is -3.88. The van der Waals surface area contributed by atoms with Crippen molar-refractivity contribution in [2.75, 3.05) is 13.2 Å². The van der Waals surface area contributed by atoms with Crippen molar-refractivity contribution in [2.24, 2.45) is 0 Å². The number of aromatic nitrogens is 2. The molecule has 0 N–H and O–H groups in total. The van der Waals surface area contributed by atoms with Crippen molar-refractivity contribution in [3.63, 3.8) is 0 Å². The van der Waals surface area contributed by atoms with Crippen LogP contribution in [0.2, 0.25) is 0 Å². The summed E-state index contributed by atoms with van der Waals surface area (Å²) >= 11 is 3.37. The van der Waals surface area contributed by atoms with Crippen LogP contribution in [0, 0.1) is 0 Å². The standard InChI is InChI=1S/C28H30BrN3O4S/c1-4-6-19-31(37(34,35)24-17-11-21(29)12-18-24)20(3)27-30-26-10-8-7-9-25(26)28(33)32(27)22-13-15-23(16-14-22)36-5-2/h7-18,20H,4-6,19H2,1-3H3. The molecule has 0 bridgehead atoms. The summed E-state index contributed by atoms with van der Waals surface area (Å²) in [6.45, 7) is 6.52. The second kappa shape index (κ2) is 11.6. The summed E-state index contributed by atoms with van der Waals surface area (Å²) in [6, 6.07) is 20.1. The van der Waals surface area contributed by atoms with E-state index in [1.807, 2.05) is 19.9 Å². The highest BCUT2D eigenvalue weighted by atomic mass is 79.9. The number of sulfonamides is 1. The van der Waals surface area contributed by atoms with E-state index in [0.717, 1.165) is 10.9 Å².